The SMILES string of the molecule is CCc1cccc(CC)c1NC(=O)Nc1ccc2c(c1)C(=O)N(CCCOC)C2=O. The molecule has 1 aliphatic heterocycles. The van der Waals surface area contributed by atoms with E-state index in [9.17, 15) is 14.4 Å². The standard InChI is InChI=1S/C23H27N3O4/c1-4-15-8-6-9-16(5-2)20(15)25-23(29)24-17-10-11-18-19(14-17)22(28)26(21(18)27)12-7-13-30-3/h6,8-11,14H,4-5,7,12-13H2,1-3H3,(H2,24,25,29). The number of fused-ring (bicyclic) bond motifs is 1. The number of carbonyl (C=O) groups is 3. The molecule has 1 heterocycles. The molecule has 0 spiro atoms. The summed E-state index contributed by atoms with van der Waals surface area (Å²) in [5, 5.41) is 5.71. The zero-order valence-corrected chi connectivity index (χ0v) is 17.6. The van der Waals surface area contributed by atoms with Crippen molar-refractivity contribution in [2.45, 2.75) is 33.1 Å². The lowest BCUT2D eigenvalue weighted by atomic mass is 10.0. The number of anilines is 2. The molecule has 0 aliphatic carbocycles. The number of para-hydroxylation sites is 1. The number of hydrogen-bond acceptors (Lipinski definition) is 4. The summed E-state index contributed by atoms with van der Waals surface area (Å²) in [5.74, 6) is -0.661. The molecule has 0 unspecified atom stereocenters. The number of nitrogens with zero attached hydrogens (tertiary/aromatic N) is 1. The first-order chi connectivity index (χ1) is 14.5. The fourth-order valence-electron chi connectivity index (χ4n) is 3.62. The van der Waals surface area contributed by atoms with Gasteiger partial charge in [0.25, 0.3) is 11.8 Å². The molecule has 7 nitrogen and oxygen atoms in total. The number of urea groups is 1. The highest BCUT2D eigenvalue weighted by atomic mass is 16.5. The van der Waals surface area contributed by atoms with Gasteiger partial charge >= 0.3 is 6.03 Å². The first-order valence-corrected chi connectivity index (χ1v) is 10.2. The van der Waals surface area contributed by atoms with Gasteiger partial charge in [0.15, 0.2) is 0 Å². The first kappa shape index (κ1) is 21.5. The number of hydrogen-bond donors (Lipinski definition) is 2. The van der Waals surface area contributed by atoms with Crippen LogP contribution < -0.4 is 10.6 Å². The molecule has 7 heteroatoms. The molecule has 30 heavy (non-hydrogen) atoms. The van der Waals surface area contributed by atoms with Crippen LogP contribution in [0.2, 0.25) is 0 Å². The molecule has 0 aromatic heterocycles. The van der Waals surface area contributed by atoms with Crippen molar-refractivity contribution in [3.05, 3.63) is 58.7 Å². The summed E-state index contributed by atoms with van der Waals surface area (Å²) < 4.78 is 4.99. The van der Waals surface area contributed by atoms with Crippen molar-refractivity contribution in [3.8, 4) is 0 Å². The van der Waals surface area contributed by atoms with Crippen LogP contribution in [-0.2, 0) is 17.6 Å². The predicted molar refractivity (Wildman–Crippen MR) is 116 cm³/mol. The smallest absolute Gasteiger partial charge is 0.323 e. The average molecular weight is 409 g/mol. The molecule has 158 valence electrons. The molecule has 0 fully saturated rings. The molecule has 2 N–H and O–H groups in total. The van der Waals surface area contributed by atoms with Gasteiger partial charge in [0.1, 0.15) is 0 Å². The van der Waals surface area contributed by atoms with Crippen LogP contribution in [0, 0.1) is 0 Å². The Balaban J connectivity index is 1.74. The second kappa shape index (κ2) is 9.54. The van der Waals surface area contributed by atoms with Crippen LogP contribution in [0.4, 0.5) is 16.2 Å². The van der Waals surface area contributed by atoms with Crippen LogP contribution in [-0.4, -0.2) is 43.0 Å². The van der Waals surface area contributed by atoms with Crippen molar-refractivity contribution in [1.29, 1.82) is 0 Å². The van der Waals surface area contributed by atoms with E-state index >= 15 is 0 Å². The second-order valence-corrected chi connectivity index (χ2v) is 7.11. The predicted octanol–water partition coefficient (Wildman–Crippen LogP) is 4.09. The summed E-state index contributed by atoms with van der Waals surface area (Å²) >= 11 is 0. The van der Waals surface area contributed by atoms with Gasteiger partial charge in [-0.2, -0.15) is 0 Å². The Bertz CT molecular complexity index is 949. The number of methoxy groups -OCH3 is 1. The highest BCUT2D eigenvalue weighted by Gasteiger charge is 2.35. The number of imide groups is 1. The Labute approximate surface area is 176 Å². The van der Waals surface area contributed by atoms with E-state index in [-0.39, 0.29) is 17.8 Å². The first-order valence-electron chi connectivity index (χ1n) is 10.2. The lowest BCUT2D eigenvalue weighted by Gasteiger charge is -2.15. The van der Waals surface area contributed by atoms with Crippen molar-refractivity contribution >= 4 is 29.2 Å². The van der Waals surface area contributed by atoms with Crippen LogP contribution >= 0.6 is 0 Å². The molecule has 0 bridgehead atoms. The van der Waals surface area contributed by atoms with Crippen molar-refractivity contribution in [2.75, 3.05) is 30.9 Å². The van der Waals surface area contributed by atoms with E-state index in [4.69, 9.17) is 4.74 Å². The fraction of sp³-hybridized carbons (Fsp3) is 0.348. The summed E-state index contributed by atoms with van der Waals surface area (Å²) in [4.78, 5) is 38.9. The largest absolute Gasteiger partial charge is 0.385 e. The van der Waals surface area contributed by atoms with Crippen LogP contribution in [0.3, 0.4) is 0 Å². The number of carbonyl (C=O) groups excluding carboxylic acids is 3. The summed E-state index contributed by atoms with van der Waals surface area (Å²) in [7, 11) is 1.58. The van der Waals surface area contributed by atoms with E-state index in [0.29, 0.717) is 36.4 Å². The lowest BCUT2D eigenvalue weighted by molar-refractivity contribution is 0.0638. The number of ether oxygens (including phenoxy) is 1. The second-order valence-electron chi connectivity index (χ2n) is 7.11. The van der Waals surface area contributed by atoms with E-state index in [2.05, 4.69) is 10.6 Å². The Hall–Kier alpha value is -3.19. The number of nitrogens with one attached hydrogen (secondary N) is 2. The molecular weight excluding hydrogens is 382 g/mol. The number of benzene rings is 2. The van der Waals surface area contributed by atoms with Crippen LogP contribution in [0.15, 0.2) is 36.4 Å². The maximum atomic E-state index is 12.6. The molecule has 0 atom stereocenters. The molecule has 2 aromatic carbocycles. The van der Waals surface area contributed by atoms with Gasteiger partial charge in [-0.15, -0.1) is 0 Å². The van der Waals surface area contributed by atoms with E-state index in [1.165, 1.54) is 4.90 Å². The monoisotopic (exact) mass is 409 g/mol. The lowest BCUT2D eigenvalue weighted by Crippen LogP contribution is -2.31. The Morgan fingerprint density at radius 3 is 2.27 bits per heavy atom. The van der Waals surface area contributed by atoms with Crippen LogP contribution in [0.5, 0.6) is 0 Å². The summed E-state index contributed by atoms with van der Waals surface area (Å²) in [6.07, 6.45) is 2.18. The van der Waals surface area contributed by atoms with Gasteiger partial charge in [-0.3, -0.25) is 14.5 Å². The highest BCUT2D eigenvalue weighted by Crippen LogP contribution is 2.27. The molecule has 0 radical (unpaired) electrons. The van der Waals surface area contributed by atoms with Gasteiger partial charge in [-0.25, -0.2) is 4.79 Å². The minimum atomic E-state index is -0.390. The minimum absolute atomic E-state index is 0.303. The zero-order valence-electron chi connectivity index (χ0n) is 17.6. The molecular formula is C23H27N3O4. The highest BCUT2D eigenvalue weighted by molar-refractivity contribution is 6.22. The minimum Gasteiger partial charge on any atom is -0.385 e. The number of rotatable bonds is 8. The van der Waals surface area contributed by atoms with Gasteiger partial charge in [0, 0.05) is 31.6 Å². The maximum Gasteiger partial charge on any atom is 0.323 e. The van der Waals surface area contributed by atoms with E-state index in [0.717, 1.165) is 29.7 Å². The third-order valence-electron chi connectivity index (χ3n) is 5.20. The van der Waals surface area contributed by atoms with Crippen molar-refractivity contribution in [3.63, 3.8) is 0 Å². The summed E-state index contributed by atoms with van der Waals surface area (Å²) in [6.45, 7) is 4.86. The molecule has 4 amide bonds. The summed E-state index contributed by atoms with van der Waals surface area (Å²) in [6, 6.07) is 10.4. The fourth-order valence-corrected chi connectivity index (χ4v) is 3.62. The molecule has 0 saturated carbocycles. The van der Waals surface area contributed by atoms with Crippen molar-refractivity contribution in [2.24, 2.45) is 0 Å². The Kier molecular flexibility index (Phi) is 6.84. The molecule has 1 aliphatic rings. The van der Waals surface area contributed by atoms with E-state index < -0.39 is 0 Å². The quantitative estimate of drug-likeness (QED) is 0.508. The van der Waals surface area contributed by atoms with E-state index in [1.807, 2.05) is 32.0 Å². The average Bonchev–Trinajstić information content (AvgIpc) is 2.98. The van der Waals surface area contributed by atoms with Crippen LogP contribution in [0.25, 0.3) is 0 Å². The van der Waals surface area contributed by atoms with Gasteiger partial charge in [-0.1, -0.05) is 32.0 Å². The van der Waals surface area contributed by atoms with Crippen LogP contribution in [0.1, 0.15) is 52.1 Å². The molecule has 2 aromatic rings. The third kappa shape index (κ3) is 4.36. The summed E-state index contributed by atoms with van der Waals surface area (Å²) in [5.41, 5.74) is 4.05. The normalized spacial score (nSPS) is 12.8. The Morgan fingerprint density at radius 1 is 0.967 bits per heavy atom. The van der Waals surface area contributed by atoms with Gasteiger partial charge in [0.05, 0.1) is 11.1 Å². The van der Waals surface area contributed by atoms with Gasteiger partial charge in [0.2, 0.25) is 0 Å². The Morgan fingerprint density at radius 2 is 1.63 bits per heavy atom. The van der Waals surface area contributed by atoms with Gasteiger partial charge < -0.3 is 15.4 Å². The number of amides is 4. The van der Waals surface area contributed by atoms with Gasteiger partial charge in [-0.05, 0) is 48.6 Å². The zero-order chi connectivity index (χ0) is 21.7. The third-order valence-corrected chi connectivity index (χ3v) is 5.20. The molecule has 3 rings (SSSR count). The number of aryl methyl sites for hydroxylation is 2. The molecule has 0 saturated heterocycles. The van der Waals surface area contributed by atoms with Crippen molar-refractivity contribution in [1.82, 2.24) is 4.90 Å². The topological polar surface area (TPSA) is 87.7 Å². The van der Waals surface area contributed by atoms with Crippen molar-refractivity contribution < 1.29 is 19.1 Å². The van der Waals surface area contributed by atoms with E-state index in [1.54, 1.807) is 25.3 Å². The maximum absolute atomic E-state index is 12.6.